The monoisotopic (exact) mass is 489 g/mol. The number of benzene rings is 3. The van der Waals surface area contributed by atoms with Crippen molar-refractivity contribution in [3.63, 3.8) is 0 Å². The molecule has 1 aromatic heterocycles. The first kappa shape index (κ1) is 23.7. The van der Waals surface area contributed by atoms with Gasteiger partial charge in [0.15, 0.2) is 23.0 Å². The van der Waals surface area contributed by atoms with Crippen LogP contribution in [0, 0.1) is 11.6 Å². The van der Waals surface area contributed by atoms with Crippen LogP contribution in [0.2, 0.25) is 0 Å². The summed E-state index contributed by atoms with van der Waals surface area (Å²) in [6, 6.07) is 14.1. The van der Waals surface area contributed by atoms with Crippen molar-refractivity contribution in [2.75, 3.05) is 5.73 Å². The summed E-state index contributed by atoms with van der Waals surface area (Å²) in [5.74, 6) is -3.84. The van der Waals surface area contributed by atoms with Gasteiger partial charge in [0.2, 0.25) is 5.95 Å². The third kappa shape index (κ3) is 5.40. The highest BCUT2D eigenvalue weighted by Gasteiger charge is 2.40. The van der Waals surface area contributed by atoms with E-state index in [1.54, 1.807) is 0 Å². The topological polar surface area (TPSA) is 90.5 Å². The molecule has 0 aliphatic rings. The van der Waals surface area contributed by atoms with Gasteiger partial charge in [0.05, 0.1) is 0 Å². The van der Waals surface area contributed by atoms with Crippen molar-refractivity contribution in [3.05, 3.63) is 89.6 Å². The molecular formula is C24H16F5N3O3. The standard InChI is InChI=1S/C24H16F5N3O3/c25-14-7-5-13(6-8-14)12-34-15-9-10-16(18(33)11-15)20-21(35-19-4-2-1-3-17(19)26)22(24(27,28)29)32-23(30)31-20/h1-11,33H,12H2,(H2,30,31,32). The van der Waals surface area contributed by atoms with Gasteiger partial charge in [0.25, 0.3) is 0 Å². The Hall–Kier alpha value is -4.41. The number of rotatable bonds is 6. The number of para-hydroxylation sites is 1. The lowest BCUT2D eigenvalue weighted by Crippen LogP contribution is -2.14. The second kappa shape index (κ2) is 9.45. The molecule has 3 aromatic carbocycles. The van der Waals surface area contributed by atoms with E-state index in [0.29, 0.717) is 5.56 Å². The molecule has 6 nitrogen and oxygen atoms in total. The molecule has 4 aromatic rings. The molecular weight excluding hydrogens is 473 g/mol. The predicted octanol–water partition coefficient (Wildman–Crippen LogP) is 6.10. The van der Waals surface area contributed by atoms with Crippen LogP contribution in [0.15, 0.2) is 66.7 Å². The maximum absolute atomic E-state index is 14.1. The van der Waals surface area contributed by atoms with Crippen LogP contribution in [0.1, 0.15) is 11.3 Å². The molecule has 3 N–H and O–H groups in total. The molecule has 4 rings (SSSR count). The average molecular weight is 489 g/mol. The smallest absolute Gasteiger partial charge is 0.437 e. The number of aromatic hydroxyl groups is 1. The van der Waals surface area contributed by atoms with Gasteiger partial charge in [-0.05, 0) is 42.0 Å². The molecule has 11 heteroatoms. The second-order valence-corrected chi connectivity index (χ2v) is 7.23. The largest absolute Gasteiger partial charge is 0.507 e. The summed E-state index contributed by atoms with van der Waals surface area (Å²) < 4.78 is 79.2. The maximum atomic E-state index is 14.1. The summed E-state index contributed by atoms with van der Waals surface area (Å²) >= 11 is 0. The Morgan fingerprint density at radius 1 is 0.914 bits per heavy atom. The number of alkyl halides is 3. The average Bonchev–Trinajstić information content (AvgIpc) is 2.80. The van der Waals surface area contributed by atoms with Crippen molar-refractivity contribution in [2.45, 2.75) is 12.8 Å². The molecule has 0 atom stereocenters. The van der Waals surface area contributed by atoms with Gasteiger partial charge in [-0.2, -0.15) is 13.2 Å². The van der Waals surface area contributed by atoms with E-state index in [1.165, 1.54) is 48.5 Å². The van der Waals surface area contributed by atoms with E-state index in [9.17, 15) is 27.1 Å². The summed E-state index contributed by atoms with van der Waals surface area (Å²) in [7, 11) is 0. The van der Waals surface area contributed by atoms with Gasteiger partial charge in [0.1, 0.15) is 29.6 Å². The van der Waals surface area contributed by atoms with E-state index in [0.717, 1.165) is 18.2 Å². The number of phenolic OH excluding ortho intramolecular Hbond substituents is 1. The van der Waals surface area contributed by atoms with E-state index in [4.69, 9.17) is 15.2 Å². The third-order valence-electron chi connectivity index (χ3n) is 4.74. The van der Waals surface area contributed by atoms with Gasteiger partial charge in [-0.25, -0.2) is 18.7 Å². The zero-order valence-corrected chi connectivity index (χ0v) is 17.7. The number of nitrogens with zero attached hydrogens (tertiary/aromatic N) is 2. The van der Waals surface area contributed by atoms with Crippen molar-refractivity contribution in [2.24, 2.45) is 0 Å². The summed E-state index contributed by atoms with van der Waals surface area (Å²) in [4.78, 5) is 7.05. The summed E-state index contributed by atoms with van der Waals surface area (Å²) in [5.41, 5.74) is 3.91. The molecule has 0 aliphatic carbocycles. The van der Waals surface area contributed by atoms with Crippen molar-refractivity contribution < 1.29 is 36.5 Å². The molecule has 0 bridgehead atoms. The minimum Gasteiger partial charge on any atom is -0.507 e. The highest BCUT2D eigenvalue weighted by Crippen LogP contribution is 2.45. The first-order valence-electron chi connectivity index (χ1n) is 9.99. The fourth-order valence-corrected chi connectivity index (χ4v) is 3.13. The van der Waals surface area contributed by atoms with E-state index < -0.39 is 52.4 Å². The highest BCUT2D eigenvalue weighted by molar-refractivity contribution is 5.75. The zero-order valence-electron chi connectivity index (χ0n) is 17.7. The van der Waals surface area contributed by atoms with Gasteiger partial charge in [-0.1, -0.05) is 24.3 Å². The van der Waals surface area contributed by atoms with Crippen LogP contribution in [0.5, 0.6) is 23.0 Å². The van der Waals surface area contributed by atoms with Gasteiger partial charge < -0.3 is 20.3 Å². The van der Waals surface area contributed by atoms with Gasteiger partial charge in [-0.15, -0.1) is 0 Å². The van der Waals surface area contributed by atoms with E-state index >= 15 is 0 Å². The van der Waals surface area contributed by atoms with E-state index in [1.807, 2.05) is 0 Å². The Bertz CT molecular complexity index is 1360. The second-order valence-electron chi connectivity index (χ2n) is 7.23. The first-order chi connectivity index (χ1) is 16.6. The molecule has 0 saturated carbocycles. The van der Waals surface area contributed by atoms with Crippen LogP contribution < -0.4 is 15.2 Å². The Balaban J connectivity index is 1.73. The fourth-order valence-electron chi connectivity index (χ4n) is 3.13. The lowest BCUT2D eigenvalue weighted by Gasteiger charge is -2.18. The Kier molecular flexibility index (Phi) is 6.41. The number of hydrogen-bond acceptors (Lipinski definition) is 6. The summed E-state index contributed by atoms with van der Waals surface area (Å²) in [6.45, 7) is 0.0411. The minimum absolute atomic E-state index is 0.0411. The van der Waals surface area contributed by atoms with Crippen molar-refractivity contribution in [1.82, 2.24) is 9.97 Å². The number of ether oxygens (including phenoxy) is 2. The van der Waals surface area contributed by atoms with Crippen LogP contribution in [-0.2, 0) is 12.8 Å². The molecule has 0 aliphatic heterocycles. The van der Waals surface area contributed by atoms with Crippen LogP contribution in [0.25, 0.3) is 11.3 Å². The zero-order chi connectivity index (χ0) is 25.2. The van der Waals surface area contributed by atoms with E-state index in [-0.39, 0.29) is 17.9 Å². The molecule has 1 heterocycles. The number of hydrogen-bond donors (Lipinski definition) is 2. The molecule has 35 heavy (non-hydrogen) atoms. The predicted molar refractivity (Wildman–Crippen MR) is 116 cm³/mol. The van der Waals surface area contributed by atoms with Crippen molar-refractivity contribution in [3.8, 4) is 34.3 Å². The highest BCUT2D eigenvalue weighted by atomic mass is 19.4. The summed E-state index contributed by atoms with van der Waals surface area (Å²) in [5, 5.41) is 10.6. The third-order valence-corrected chi connectivity index (χ3v) is 4.74. The number of aromatic nitrogens is 2. The summed E-state index contributed by atoms with van der Waals surface area (Å²) in [6.07, 6.45) is -5.03. The van der Waals surface area contributed by atoms with Crippen LogP contribution in [0.3, 0.4) is 0 Å². The molecule has 0 spiro atoms. The normalized spacial score (nSPS) is 11.3. The molecule has 0 unspecified atom stereocenters. The number of phenols is 1. The maximum Gasteiger partial charge on any atom is 0.437 e. The molecule has 0 saturated heterocycles. The number of nitrogens with two attached hydrogens (primary N) is 1. The Labute approximate surface area is 195 Å². The molecule has 0 fully saturated rings. The lowest BCUT2D eigenvalue weighted by atomic mass is 10.1. The molecule has 0 radical (unpaired) electrons. The first-order valence-corrected chi connectivity index (χ1v) is 9.99. The van der Waals surface area contributed by atoms with Crippen LogP contribution in [-0.4, -0.2) is 15.1 Å². The Morgan fingerprint density at radius 2 is 1.63 bits per heavy atom. The molecule has 180 valence electrons. The number of halogens is 5. The number of nitrogen functional groups attached to an aromatic ring is 1. The van der Waals surface area contributed by atoms with Crippen molar-refractivity contribution in [1.29, 1.82) is 0 Å². The molecule has 0 amide bonds. The van der Waals surface area contributed by atoms with E-state index in [2.05, 4.69) is 9.97 Å². The minimum atomic E-state index is -5.03. The van der Waals surface area contributed by atoms with Gasteiger partial charge >= 0.3 is 6.18 Å². The van der Waals surface area contributed by atoms with Crippen LogP contribution in [0.4, 0.5) is 27.9 Å². The quantitative estimate of drug-likeness (QED) is 0.318. The fraction of sp³-hybridized carbons (Fsp3) is 0.0833. The van der Waals surface area contributed by atoms with Gasteiger partial charge in [0, 0.05) is 11.6 Å². The van der Waals surface area contributed by atoms with Gasteiger partial charge in [-0.3, -0.25) is 0 Å². The number of anilines is 1. The van der Waals surface area contributed by atoms with Crippen LogP contribution >= 0.6 is 0 Å². The van der Waals surface area contributed by atoms with Crippen molar-refractivity contribution >= 4 is 5.95 Å². The lowest BCUT2D eigenvalue weighted by molar-refractivity contribution is -0.142. The SMILES string of the molecule is Nc1nc(-c2ccc(OCc3ccc(F)cc3)cc2O)c(Oc2ccccc2F)c(C(F)(F)F)n1. The Morgan fingerprint density at radius 3 is 2.29 bits per heavy atom.